The summed E-state index contributed by atoms with van der Waals surface area (Å²) in [5.74, 6) is -3.65. The second-order valence-corrected chi connectivity index (χ2v) is 5.51. The summed E-state index contributed by atoms with van der Waals surface area (Å²) in [6, 6.07) is 3.80. The first-order valence-corrected chi connectivity index (χ1v) is 6.92. The van der Waals surface area contributed by atoms with Crippen molar-refractivity contribution in [3.63, 3.8) is 0 Å². The average Bonchev–Trinajstić information content (AvgIpc) is 2.47. The van der Waals surface area contributed by atoms with Crippen LogP contribution in [0.15, 0.2) is 18.2 Å². The lowest BCUT2D eigenvalue weighted by molar-refractivity contribution is -0.260. The van der Waals surface area contributed by atoms with Gasteiger partial charge >= 0.3 is 12.1 Å². The number of alkyl halides is 4. The maximum Gasteiger partial charge on any atom is 0.430 e. The average molecular weight is 395 g/mol. The molecular weight excluding hydrogens is 385 g/mol. The molecule has 2 N–H and O–H groups in total. The Morgan fingerprint density at radius 2 is 1.87 bits per heavy atom. The quantitative estimate of drug-likeness (QED) is 0.608. The highest BCUT2D eigenvalue weighted by molar-refractivity contribution is 6.38. The lowest BCUT2D eigenvalue weighted by Gasteiger charge is -2.30. The lowest BCUT2D eigenvalue weighted by atomic mass is 9.98. The van der Waals surface area contributed by atoms with E-state index in [0.717, 1.165) is 6.07 Å². The van der Waals surface area contributed by atoms with Gasteiger partial charge in [0, 0.05) is 5.02 Å². The summed E-state index contributed by atoms with van der Waals surface area (Å²) >= 11 is 16.8. The first-order valence-electron chi connectivity index (χ1n) is 5.72. The van der Waals surface area contributed by atoms with Crippen LogP contribution in [0.2, 0.25) is 10.0 Å². The van der Waals surface area contributed by atoms with Crippen LogP contribution in [0.3, 0.4) is 0 Å². The molecule has 0 unspecified atom stereocenters. The van der Waals surface area contributed by atoms with Crippen molar-refractivity contribution in [2.75, 3.05) is 12.4 Å². The number of anilines is 1. The second-order valence-electron chi connectivity index (χ2n) is 4.23. The van der Waals surface area contributed by atoms with E-state index in [9.17, 15) is 27.9 Å². The van der Waals surface area contributed by atoms with Gasteiger partial charge in [0.2, 0.25) is 5.91 Å². The molecule has 0 aliphatic carbocycles. The molecule has 0 bridgehead atoms. The highest BCUT2D eigenvalue weighted by Crippen LogP contribution is 2.37. The minimum Gasteiger partial charge on any atom is -0.467 e. The molecule has 0 saturated carbocycles. The van der Waals surface area contributed by atoms with Gasteiger partial charge < -0.3 is 15.2 Å². The summed E-state index contributed by atoms with van der Waals surface area (Å²) in [6.45, 7) is 0. The van der Waals surface area contributed by atoms with E-state index in [1.54, 1.807) is 0 Å². The van der Waals surface area contributed by atoms with Crippen LogP contribution < -0.4 is 5.32 Å². The van der Waals surface area contributed by atoms with Gasteiger partial charge in [0.25, 0.3) is 5.60 Å². The van der Waals surface area contributed by atoms with Crippen LogP contribution >= 0.6 is 34.8 Å². The first-order chi connectivity index (χ1) is 10.4. The fourth-order valence-corrected chi connectivity index (χ4v) is 2.10. The van der Waals surface area contributed by atoms with Crippen LogP contribution in [0.1, 0.15) is 0 Å². The van der Waals surface area contributed by atoms with E-state index >= 15 is 0 Å². The molecule has 1 aromatic rings. The highest BCUT2D eigenvalue weighted by atomic mass is 35.5. The summed E-state index contributed by atoms with van der Waals surface area (Å²) in [5.41, 5.74) is -4.39. The molecule has 1 rings (SSSR count). The molecule has 128 valence electrons. The molecule has 0 saturated heterocycles. The molecule has 5 nitrogen and oxygen atoms in total. The Morgan fingerprint density at radius 3 is 2.35 bits per heavy atom. The summed E-state index contributed by atoms with van der Waals surface area (Å²) in [7, 11) is 0.606. The third-order valence-electron chi connectivity index (χ3n) is 2.71. The molecule has 23 heavy (non-hydrogen) atoms. The zero-order valence-corrected chi connectivity index (χ0v) is 13.5. The SMILES string of the molecule is COC(=O)[C@@](O)([C@H](Cl)C(=O)Nc1cc(Cl)ccc1Cl)C(F)(F)F. The normalized spacial score (nSPS) is 15.5. The molecule has 11 heteroatoms. The Bertz CT molecular complexity index is 626. The summed E-state index contributed by atoms with van der Waals surface area (Å²) in [5, 5.41) is 8.92. The third kappa shape index (κ3) is 4.00. The van der Waals surface area contributed by atoms with Gasteiger partial charge in [-0.1, -0.05) is 23.2 Å². The number of nitrogens with one attached hydrogen (secondary N) is 1. The number of carbonyl (C=O) groups is 2. The van der Waals surface area contributed by atoms with Crippen molar-refractivity contribution in [3.05, 3.63) is 28.2 Å². The number of hydrogen-bond donors (Lipinski definition) is 2. The van der Waals surface area contributed by atoms with Gasteiger partial charge in [0.15, 0.2) is 5.38 Å². The predicted octanol–water partition coefficient (Wildman–Crippen LogP) is 3.01. The molecule has 1 amide bonds. The Balaban J connectivity index is 3.14. The van der Waals surface area contributed by atoms with Crippen LogP contribution in [0.5, 0.6) is 0 Å². The van der Waals surface area contributed by atoms with Crippen molar-refractivity contribution < 1.29 is 32.6 Å². The molecule has 0 aliphatic rings. The molecule has 0 aromatic heterocycles. The van der Waals surface area contributed by atoms with E-state index < -0.39 is 29.0 Å². The lowest BCUT2D eigenvalue weighted by Crippen LogP contribution is -2.62. The van der Waals surface area contributed by atoms with E-state index in [-0.39, 0.29) is 15.7 Å². The van der Waals surface area contributed by atoms with Crippen LogP contribution in [0.25, 0.3) is 0 Å². The molecule has 0 spiro atoms. The summed E-state index contributed by atoms with van der Waals surface area (Å²) in [6.07, 6.45) is -5.55. The number of aliphatic hydroxyl groups is 1. The van der Waals surface area contributed by atoms with Crippen molar-refractivity contribution in [2.45, 2.75) is 17.2 Å². The minimum atomic E-state index is -5.55. The van der Waals surface area contributed by atoms with Crippen molar-refractivity contribution in [1.29, 1.82) is 0 Å². The van der Waals surface area contributed by atoms with E-state index in [0.29, 0.717) is 7.11 Å². The van der Waals surface area contributed by atoms with Gasteiger partial charge in [-0.05, 0) is 18.2 Å². The number of ether oxygens (including phenoxy) is 1. The van der Waals surface area contributed by atoms with Crippen LogP contribution in [-0.2, 0) is 14.3 Å². The number of halogens is 6. The third-order valence-corrected chi connectivity index (χ3v) is 3.79. The molecule has 1 aromatic carbocycles. The molecule has 0 aliphatic heterocycles. The fourth-order valence-electron chi connectivity index (χ4n) is 1.50. The van der Waals surface area contributed by atoms with E-state index in [1.165, 1.54) is 12.1 Å². The summed E-state index contributed by atoms with van der Waals surface area (Å²) in [4.78, 5) is 23.2. The Kier molecular flexibility index (Phi) is 6.14. The monoisotopic (exact) mass is 393 g/mol. The number of amides is 1. The fraction of sp³-hybridized carbons (Fsp3) is 0.333. The Hall–Kier alpha value is -1.22. The smallest absolute Gasteiger partial charge is 0.430 e. The highest BCUT2D eigenvalue weighted by Gasteiger charge is 2.67. The minimum absolute atomic E-state index is 0.0415. The van der Waals surface area contributed by atoms with Crippen molar-refractivity contribution in [3.8, 4) is 0 Å². The van der Waals surface area contributed by atoms with E-state index in [4.69, 9.17) is 34.8 Å². The largest absolute Gasteiger partial charge is 0.467 e. The molecule has 0 radical (unpaired) electrons. The number of methoxy groups -OCH3 is 1. The molecule has 0 fully saturated rings. The van der Waals surface area contributed by atoms with E-state index in [1.807, 2.05) is 5.32 Å². The number of esters is 1. The molecule has 2 atom stereocenters. The van der Waals surface area contributed by atoms with Gasteiger partial charge in [-0.25, -0.2) is 4.79 Å². The van der Waals surface area contributed by atoms with Crippen molar-refractivity contribution in [2.24, 2.45) is 0 Å². The Morgan fingerprint density at radius 1 is 1.30 bits per heavy atom. The van der Waals surface area contributed by atoms with Crippen molar-refractivity contribution >= 4 is 52.4 Å². The van der Waals surface area contributed by atoms with Crippen LogP contribution in [-0.4, -0.2) is 41.2 Å². The second kappa shape index (κ2) is 7.12. The molecule has 0 heterocycles. The summed E-state index contributed by atoms with van der Waals surface area (Å²) < 4.78 is 42.8. The number of carbonyl (C=O) groups excluding carboxylic acids is 2. The van der Waals surface area contributed by atoms with Gasteiger partial charge in [0.05, 0.1) is 17.8 Å². The Labute approximate surface area is 143 Å². The molecular formula is C12H9Cl3F3NO4. The number of rotatable bonds is 4. The number of hydrogen-bond acceptors (Lipinski definition) is 4. The van der Waals surface area contributed by atoms with E-state index in [2.05, 4.69) is 4.74 Å². The van der Waals surface area contributed by atoms with Gasteiger partial charge in [-0.2, -0.15) is 13.2 Å². The zero-order valence-electron chi connectivity index (χ0n) is 11.2. The van der Waals surface area contributed by atoms with Crippen LogP contribution in [0.4, 0.5) is 18.9 Å². The van der Waals surface area contributed by atoms with Gasteiger partial charge in [-0.15, -0.1) is 11.6 Å². The van der Waals surface area contributed by atoms with Crippen molar-refractivity contribution in [1.82, 2.24) is 0 Å². The predicted molar refractivity (Wildman–Crippen MR) is 77.8 cm³/mol. The first kappa shape index (κ1) is 19.8. The standard InChI is InChI=1S/C12H9Cl3F3NO4/c1-23-10(21)11(22,12(16,17)18)8(15)9(20)19-7-4-5(13)2-3-6(7)14/h2-4,8,22H,1H3,(H,19,20)/t8-,11+/m1/s1. The van der Waals surface area contributed by atoms with Gasteiger partial charge in [0.1, 0.15) is 0 Å². The maximum absolute atomic E-state index is 13.0. The topological polar surface area (TPSA) is 75.6 Å². The zero-order chi connectivity index (χ0) is 18.0. The number of benzene rings is 1. The maximum atomic E-state index is 13.0. The van der Waals surface area contributed by atoms with Gasteiger partial charge in [-0.3, -0.25) is 4.79 Å². The van der Waals surface area contributed by atoms with Crippen LogP contribution in [0, 0.1) is 0 Å².